The fourth-order valence-corrected chi connectivity index (χ4v) is 3.54. The van der Waals surface area contributed by atoms with Gasteiger partial charge in [0.15, 0.2) is 0 Å². The zero-order valence-electron chi connectivity index (χ0n) is 15.5. The third-order valence-electron chi connectivity index (χ3n) is 4.98. The van der Waals surface area contributed by atoms with E-state index in [1.54, 1.807) is 47.4 Å². The van der Waals surface area contributed by atoms with E-state index in [0.29, 0.717) is 30.0 Å². The van der Waals surface area contributed by atoms with Crippen LogP contribution in [0.5, 0.6) is 5.75 Å². The topological polar surface area (TPSA) is 76.2 Å². The number of amides is 2. The number of carbonyl (C=O) groups is 3. The summed E-state index contributed by atoms with van der Waals surface area (Å²) in [4.78, 5) is 40.3. The molecule has 0 aromatic heterocycles. The average molecular weight is 380 g/mol. The van der Waals surface area contributed by atoms with Crippen LogP contribution in [0.1, 0.15) is 23.2 Å². The van der Waals surface area contributed by atoms with Crippen LogP contribution in [0.15, 0.2) is 48.5 Å². The van der Waals surface area contributed by atoms with Gasteiger partial charge in [-0.25, -0.2) is 4.79 Å². The van der Waals surface area contributed by atoms with E-state index in [2.05, 4.69) is 0 Å². The molecule has 28 heavy (non-hydrogen) atoms. The van der Waals surface area contributed by atoms with Crippen LogP contribution >= 0.6 is 0 Å². The third-order valence-corrected chi connectivity index (χ3v) is 4.98. The van der Waals surface area contributed by atoms with Gasteiger partial charge in [0.1, 0.15) is 5.75 Å². The van der Waals surface area contributed by atoms with Crippen molar-refractivity contribution in [3.63, 3.8) is 0 Å². The molecule has 2 amide bonds. The number of methoxy groups -OCH3 is 1. The normalized spacial score (nSPS) is 18.5. The predicted octanol–water partition coefficient (Wildman–Crippen LogP) is 2.39. The summed E-state index contributed by atoms with van der Waals surface area (Å²) in [5.74, 6) is -0.224. The summed E-state index contributed by atoms with van der Waals surface area (Å²) in [5.41, 5.74) is 1.86. The standard InChI is InChI=1S/C21H20N2O5/c1-27-21(26)18-13-23(16-5-2-3-6-17(16)28-18)20(25)14-8-10-15(11-9-14)22-12-4-7-19(22)24/h2-3,5-6,8-11,18H,4,7,12-13H2,1H3. The number of carbonyl (C=O) groups excluding carboxylic acids is 3. The van der Waals surface area contributed by atoms with Crippen molar-refractivity contribution < 1.29 is 23.9 Å². The van der Waals surface area contributed by atoms with Crippen molar-refractivity contribution in [1.29, 1.82) is 0 Å². The molecule has 0 radical (unpaired) electrons. The van der Waals surface area contributed by atoms with E-state index in [-0.39, 0.29) is 18.4 Å². The Kier molecular flexibility index (Phi) is 4.73. The zero-order valence-corrected chi connectivity index (χ0v) is 15.5. The lowest BCUT2D eigenvalue weighted by atomic mass is 10.1. The molecule has 0 saturated carbocycles. The van der Waals surface area contributed by atoms with Crippen LogP contribution in [0.25, 0.3) is 0 Å². The molecule has 7 nitrogen and oxygen atoms in total. The molecule has 2 heterocycles. The number of nitrogens with zero attached hydrogens (tertiary/aromatic N) is 2. The number of fused-ring (bicyclic) bond motifs is 1. The van der Waals surface area contributed by atoms with Crippen molar-refractivity contribution in [2.24, 2.45) is 0 Å². The highest BCUT2D eigenvalue weighted by Gasteiger charge is 2.34. The zero-order chi connectivity index (χ0) is 19.7. The average Bonchev–Trinajstić information content (AvgIpc) is 3.17. The van der Waals surface area contributed by atoms with E-state index in [4.69, 9.17) is 9.47 Å². The Balaban J connectivity index is 1.61. The summed E-state index contributed by atoms with van der Waals surface area (Å²) < 4.78 is 10.5. The molecule has 2 aromatic carbocycles. The third kappa shape index (κ3) is 3.19. The van der Waals surface area contributed by atoms with Crippen molar-refractivity contribution in [1.82, 2.24) is 0 Å². The van der Waals surface area contributed by atoms with Gasteiger partial charge < -0.3 is 19.3 Å². The lowest BCUT2D eigenvalue weighted by molar-refractivity contribution is -0.148. The molecule has 0 aliphatic carbocycles. The van der Waals surface area contributed by atoms with E-state index >= 15 is 0 Å². The van der Waals surface area contributed by atoms with E-state index in [1.165, 1.54) is 12.0 Å². The molecule has 144 valence electrons. The van der Waals surface area contributed by atoms with Gasteiger partial charge in [0.25, 0.3) is 5.91 Å². The fourth-order valence-electron chi connectivity index (χ4n) is 3.54. The Labute approximate surface area is 162 Å². The molecule has 0 N–H and O–H groups in total. The van der Waals surface area contributed by atoms with Crippen LogP contribution in [0, 0.1) is 0 Å². The number of ether oxygens (including phenoxy) is 2. The maximum Gasteiger partial charge on any atom is 0.348 e. The van der Waals surface area contributed by atoms with Gasteiger partial charge in [-0.05, 0) is 42.8 Å². The minimum absolute atomic E-state index is 0.0644. The predicted molar refractivity (Wildman–Crippen MR) is 103 cm³/mol. The van der Waals surface area contributed by atoms with Gasteiger partial charge in [0.2, 0.25) is 12.0 Å². The van der Waals surface area contributed by atoms with Gasteiger partial charge in [-0.15, -0.1) is 0 Å². The summed E-state index contributed by atoms with van der Waals surface area (Å²) in [7, 11) is 1.29. The molecule has 7 heteroatoms. The maximum atomic E-state index is 13.2. The Morgan fingerprint density at radius 2 is 1.86 bits per heavy atom. The van der Waals surface area contributed by atoms with E-state index in [1.807, 2.05) is 6.07 Å². The lowest BCUT2D eigenvalue weighted by Crippen LogP contribution is -2.47. The summed E-state index contributed by atoms with van der Waals surface area (Å²) >= 11 is 0. The fraction of sp³-hybridized carbons (Fsp3) is 0.286. The van der Waals surface area contributed by atoms with Crippen LogP contribution < -0.4 is 14.5 Å². The van der Waals surface area contributed by atoms with Crippen LogP contribution in [0.2, 0.25) is 0 Å². The molecule has 2 aliphatic heterocycles. The van der Waals surface area contributed by atoms with Gasteiger partial charge in [-0.1, -0.05) is 12.1 Å². The second-order valence-corrected chi connectivity index (χ2v) is 6.71. The van der Waals surface area contributed by atoms with Crippen molar-refractivity contribution >= 4 is 29.2 Å². The summed E-state index contributed by atoms with van der Waals surface area (Å²) in [6.07, 6.45) is 0.518. The summed E-state index contributed by atoms with van der Waals surface area (Å²) in [6, 6.07) is 14.0. The Hall–Kier alpha value is -3.35. The Morgan fingerprint density at radius 1 is 1.11 bits per heavy atom. The van der Waals surface area contributed by atoms with Gasteiger partial charge in [0.05, 0.1) is 19.3 Å². The van der Waals surface area contributed by atoms with Crippen molar-refractivity contribution in [3.05, 3.63) is 54.1 Å². The second kappa shape index (κ2) is 7.34. The highest BCUT2D eigenvalue weighted by Crippen LogP contribution is 2.34. The maximum absolute atomic E-state index is 13.2. The first-order valence-corrected chi connectivity index (χ1v) is 9.14. The number of hydrogen-bond acceptors (Lipinski definition) is 5. The first-order chi connectivity index (χ1) is 13.6. The highest BCUT2D eigenvalue weighted by atomic mass is 16.6. The van der Waals surface area contributed by atoms with E-state index in [9.17, 15) is 14.4 Å². The van der Waals surface area contributed by atoms with Crippen molar-refractivity contribution in [2.45, 2.75) is 18.9 Å². The van der Waals surface area contributed by atoms with Crippen LogP contribution in [0.4, 0.5) is 11.4 Å². The van der Waals surface area contributed by atoms with Crippen LogP contribution in [0.3, 0.4) is 0 Å². The molecule has 1 atom stereocenters. The molecule has 0 spiro atoms. The highest BCUT2D eigenvalue weighted by molar-refractivity contribution is 6.08. The SMILES string of the molecule is COC(=O)C1CN(C(=O)c2ccc(N3CCCC3=O)cc2)c2ccccc2O1. The Bertz CT molecular complexity index is 925. The number of anilines is 2. The van der Waals surface area contributed by atoms with Gasteiger partial charge in [-0.2, -0.15) is 0 Å². The van der Waals surface area contributed by atoms with Crippen LogP contribution in [-0.4, -0.2) is 44.1 Å². The second-order valence-electron chi connectivity index (χ2n) is 6.71. The van der Waals surface area contributed by atoms with Crippen LogP contribution in [-0.2, 0) is 14.3 Å². The van der Waals surface area contributed by atoms with E-state index in [0.717, 1.165) is 12.1 Å². The quantitative estimate of drug-likeness (QED) is 0.765. The summed E-state index contributed by atoms with van der Waals surface area (Å²) in [5, 5.41) is 0. The molecular weight excluding hydrogens is 360 g/mol. The minimum Gasteiger partial charge on any atom is -0.475 e. The summed E-state index contributed by atoms with van der Waals surface area (Å²) in [6.45, 7) is 0.763. The first kappa shape index (κ1) is 18.0. The molecule has 0 bridgehead atoms. The molecule has 1 unspecified atom stereocenters. The number of esters is 1. The number of hydrogen-bond donors (Lipinski definition) is 0. The first-order valence-electron chi connectivity index (χ1n) is 9.14. The molecular formula is C21H20N2O5. The molecule has 4 rings (SSSR count). The largest absolute Gasteiger partial charge is 0.475 e. The smallest absolute Gasteiger partial charge is 0.348 e. The molecule has 1 fully saturated rings. The number of para-hydroxylation sites is 2. The number of rotatable bonds is 3. The Morgan fingerprint density at radius 3 is 2.54 bits per heavy atom. The monoisotopic (exact) mass is 380 g/mol. The van der Waals surface area contributed by atoms with Crippen molar-refractivity contribution in [3.8, 4) is 5.75 Å². The number of benzene rings is 2. The molecule has 2 aromatic rings. The lowest BCUT2D eigenvalue weighted by Gasteiger charge is -2.33. The molecule has 2 aliphatic rings. The van der Waals surface area contributed by atoms with Gasteiger partial charge in [-0.3, -0.25) is 9.59 Å². The van der Waals surface area contributed by atoms with E-state index < -0.39 is 12.1 Å². The minimum atomic E-state index is -0.884. The molecule has 1 saturated heterocycles. The van der Waals surface area contributed by atoms with Crippen molar-refractivity contribution in [2.75, 3.05) is 30.0 Å². The van der Waals surface area contributed by atoms with Gasteiger partial charge in [0, 0.05) is 24.2 Å². The van der Waals surface area contributed by atoms with Gasteiger partial charge >= 0.3 is 5.97 Å².